The lowest BCUT2D eigenvalue weighted by Crippen LogP contribution is -2.30. The van der Waals surface area contributed by atoms with E-state index in [9.17, 15) is 4.21 Å². The zero-order valence-corrected chi connectivity index (χ0v) is 11.9. The van der Waals surface area contributed by atoms with Crippen LogP contribution >= 0.6 is 11.3 Å². The van der Waals surface area contributed by atoms with Gasteiger partial charge in [0.25, 0.3) is 0 Å². The van der Waals surface area contributed by atoms with Crippen LogP contribution in [0.2, 0.25) is 0 Å². The van der Waals surface area contributed by atoms with E-state index in [0.717, 1.165) is 19.4 Å². The number of hydrogen-bond acceptors (Lipinski definition) is 3. The van der Waals surface area contributed by atoms with Crippen molar-refractivity contribution >= 4 is 22.1 Å². The molecule has 0 radical (unpaired) electrons. The van der Waals surface area contributed by atoms with Crippen molar-refractivity contribution in [3.63, 3.8) is 0 Å². The molecule has 1 rings (SSSR count). The van der Waals surface area contributed by atoms with E-state index in [2.05, 4.69) is 29.1 Å². The third-order valence-corrected chi connectivity index (χ3v) is 4.83. The number of thiophene rings is 1. The predicted octanol–water partition coefficient (Wildman–Crippen LogP) is 2.43. The molecule has 0 aliphatic rings. The molecule has 0 amide bonds. The number of rotatable bonds is 7. The topological polar surface area (TPSA) is 29.1 Å². The molecule has 0 saturated carbocycles. The highest BCUT2D eigenvalue weighted by atomic mass is 32.2. The van der Waals surface area contributed by atoms with Gasteiger partial charge in [-0.15, -0.1) is 0 Å². The standard InChI is InChI=1S/C12H21NOS2/c1-10(8-12-5-7-15-9-12)13-6-4-11(2)16(3)14/h5,7,9-11,13H,4,6,8H2,1-3H3. The first kappa shape index (κ1) is 13.9. The molecule has 0 bridgehead atoms. The zero-order valence-electron chi connectivity index (χ0n) is 10.2. The van der Waals surface area contributed by atoms with E-state index in [4.69, 9.17) is 0 Å². The molecule has 1 N–H and O–H groups in total. The SMILES string of the molecule is CC(Cc1ccsc1)NCCC(C)S(C)=O. The molecule has 0 aliphatic carbocycles. The summed E-state index contributed by atoms with van der Waals surface area (Å²) in [5.41, 5.74) is 1.40. The van der Waals surface area contributed by atoms with E-state index in [0.29, 0.717) is 11.3 Å². The first-order valence-corrected chi connectivity index (χ1v) is 8.22. The molecule has 0 fully saturated rings. The average molecular weight is 259 g/mol. The molecular formula is C12H21NOS2. The maximum Gasteiger partial charge on any atom is 0.0329 e. The van der Waals surface area contributed by atoms with Gasteiger partial charge in [0.15, 0.2) is 0 Å². The Morgan fingerprint density at radius 1 is 1.50 bits per heavy atom. The van der Waals surface area contributed by atoms with Crippen LogP contribution in [0.1, 0.15) is 25.8 Å². The molecule has 2 nitrogen and oxygen atoms in total. The Balaban J connectivity index is 2.15. The van der Waals surface area contributed by atoms with E-state index in [1.54, 1.807) is 17.6 Å². The third-order valence-electron chi connectivity index (χ3n) is 2.73. The summed E-state index contributed by atoms with van der Waals surface area (Å²) in [6.07, 6.45) is 3.84. The van der Waals surface area contributed by atoms with Gasteiger partial charge in [-0.25, -0.2) is 0 Å². The lowest BCUT2D eigenvalue weighted by molar-refractivity contribution is 0.531. The molecule has 0 saturated heterocycles. The van der Waals surface area contributed by atoms with Crippen LogP contribution in [0.25, 0.3) is 0 Å². The van der Waals surface area contributed by atoms with Crippen molar-refractivity contribution in [3.8, 4) is 0 Å². The third kappa shape index (κ3) is 5.23. The normalized spacial score (nSPS) is 16.9. The maximum absolute atomic E-state index is 11.2. The fourth-order valence-corrected chi connectivity index (χ4v) is 2.66. The summed E-state index contributed by atoms with van der Waals surface area (Å²) < 4.78 is 11.2. The van der Waals surface area contributed by atoms with Crippen molar-refractivity contribution in [1.82, 2.24) is 5.32 Å². The lowest BCUT2D eigenvalue weighted by Gasteiger charge is -2.14. The van der Waals surface area contributed by atoms with Crippen LogP contribution in [-0.4, -0.2) is 28.3 Å². The summed E-state index contributed by atoms with van der Waals surface area (Å²) in [6, 6.07) is 2.67. The molecule has 16 heavy (non-hydrogen) atoms. The van der Waals surface area contributed by atoms with Gasteiger partial charge in [0, 0.05) is 28.3 Å². The molecular weight excluding hydrogens is 238 g/mol. The van der Waals surface area contributed by atoms with Gasteiger partial charge in [-0.05, 0) is 48.7 Å². The maximum atomic E-state index is 11.2. The Morgan fingerprint density at radius 2 is 2.25 bits per heavy atom. The van der Waals surface area contributed by atoms with E-state index in [1.165, 1.54) is 5.56 Å². The van der Waals surface area contributed by atoms with Gasteiger partial charge in [0.2, 0.25) is 0 Å². The minimum absolute atomic E-state index is 0.292. The van der Waals surface area contributed by atoms with E-state index in [1.807, 2.05) is 6.92 Å². The Kier molecular flexibility index (Phi) is 6.24. The summed E-state index contributed by atoms with van der Waals surface area (Å²) in [6.45, 7) is 5.19. The minimum Gasteiger partial charge on any atom is -0.314 e. The summed E-state index contributed by atoms with van der Waals surface area (Å²) in [5.74, 6) is 0. The first-order valence-electron chi connectivity index (χ1n) is 5.66. The van der Waals surface area contributed by atoms with Crippen LogP contribution in [0.3, 0.4) is 0 Å². The smallest absolute Gasteiger partial charge is 0.0329 e. The molecule has 1 aromatic rings. The van der Waals surface area contributed by atoms with Crippen LogP contribution in [0.15, 0.2) is 16.8 Å². The van der Waals surface area contributed by atoms with Gasteiger partial charge < -0.3 is 5.32 Å². The highest BCUT2D eigenvalue weighted by molar-refractivity contribution is 7.84. The monoisotopic (exact) mass is 259 g/mol. The van der Waals surface area contributed by atoms with Gasteiger partial charge in [0.05, 0.1) is 0 Å². The first-order chi connectivity index (χ1) is 7.59. The van der Waals surface area contributed by atoms with E-state index >= 15 is 0 Å². The lowest BCUT2D eigenvalue weighted by atomic mass is 10.1. The Bertz CT molecular complexity index is 311. The Hall–Kier alpha value is -0.190. The van der Waals surface area contributed by atoms with Crippen molar-refractivity contribution in [3.05, 3.63) is 22.4 Å². The summed E-state index contributed by atoms with van der Waals surface area (Å²) >= 11 is 1.75. The highest BCUT2D eigenvalue weighted by Gasteiger charge is 2.07. The van der Waals surface area contributed by atoms with Crippen molar-refractivity contribution in [1.29, 1.82) is 0 Å². The number of nitrogens with one attached hydrogen (secondary N) is 1. The fraction of sp³-hybridized carbons (Fsp3) is 0.667. The zero-order chi connectivity index (χ0) is 12.0. The van der Waals surface area contributed by atoms with Crippen LogP contribution < -0.4 is 5.32 Å². The average Bonchev–Trinajstić information content (AvgIpc) is 2.70. The van der Waals surface area contributed by atoms with Gasteiger partial charge in [0.1, 0.15) is 0 Å². The molecule has 1 aromatic heterocycles. The van der Waals surface area contributed by atoms with Crippen molar-refractivity contribution in [2.75, 3.05) is 12.8 Å². The van der Waals surface area contributed by atoms with Gasteiger partial charge in [-0.1, -0.05) is 6.92 Å². The molecule has 0 aliphatic heterocycles. The van der Waals surface area contributed by atoms with Crippen molar-refractivity contribution < 1.29 is 4.21 Å². The second kappa shape index (κ2) is 7.20. The van der Waals surface area contributed by atoms with Crippen molar-refractivity contribution in [2.45, 2.75) is 38.0 Å². The summed E-state index contributed by atoms with van der Waals surface area (Å²) in [7, 11) is -0.695. The molecule has 4 heteroatoms. The summed E-state index contributed by atoms with van der Waals surface area (Å²) in [5, 5.41) is 8.08. The molecule has 3 unspecified atom stereocenters. The molecule has 92 valence electrons. The number of hydrogen-bond donors (Lipinski definition) is 1. The summed E-state index contributed by atoms with van der Waals surface area (Å²) in [4.78, 5) is 0. The van der Waals surface area contributed by atoms with Crippen LogP contribution in [0, 0.1) is 0 Å². The van der Waals surface area contributed by atoms with E-state index in [-0.39, 0.29) is 0 Å². The van der Waals surface area contributed by atoms with Gasteiger partial charge >= 0.3 is 0 Å². The Morgan fingerprint density at radius 3 is 2.81 bits per heavy atom. The molecule has 3 atom stereocenters. The molecule has 0 aromatic carbocycles. The second-order valence-corrected chi connectivity index (χ2v) is 6.87. The van der Waals surface area contributed by atoms with Crippen LogP contribution in [0.5, 0.6) is 0 Å². The largest absolute Gasteiger partial charge is 0.314 e. The van der Waals surface area contributed by atoms with Crippen LogP contribution in [0.4, 0.5) is 0 Å². The van der Waals surface area contributed by atoms with Crippen molar-refractivity contribution in [2.24, 2.45) is 0 Å². The fourth-order valence-electron chi connectivity index (χ4n) is 1.53. The van der Waals surface area contributed by atoms with Gasteiger partial charge in [-0.3, -0.25) is 4.21 Å². The second-order valence-electron chi connectivity index (χ2n) is 4.29. The quantitative estimate of drug-likeness (QED) is 0.815. The Labute approximate surface area is 105 Å². The van der Waals surface area contributed by atoms with E-state index < -0.39 is 10.8 Å². The minimum atomic E-state index is -0.695. The molecule has 0 spiro atoms. The predicted molar refractivity (Wildman–Crippen MR) is 73.6 cm³/mol. The van der Waals surface area contributed by atoms with Crippen LogP contribution in [-0.2, 0) is 17.2 Å². The highest BCUT2D eigenvalue weighted by Crippen LogP contribution is 2.08. The van der Waals surface area contributed by atoms with Gasteiger partial charge in [-0.2, -0.15) is 11.3 Å². The molecule has 1 heterocycles.